The van der Waals surface area contributed by atoms with Crippen LogP contribution in [-0.2, 0) is 24.0 Å². The second kappa shape index (κ2) is 34.1. The van der Waals surface area contributed by atoms with Gasteiger partial charge in [-0.25, -0.2) is 4.79 Å². The number of nitrogens with one attached hydrogen (secondary N) is 3. The SMILES string of the molecule is CCCCNC.O=C1CCC[C@@H](C(=O)O)N1.O=C1CCC[C@@H](CO)N1.O=C1CCC[C@@H](CO)N1c1ccccc1.O=Cc1c(O)cccc1O.O=Cc1c(O)cccc1OC[C@@H]1CCCC(=O)N1c1ccccc1. The second-order valence-corrected chi connectivity index (χ2v) is 17.6. The van der Waals surface area contributed by atoms with Gasteiger partial charge in [0.25, 0.3) is 0 Å². The van der Waals surface area contributed by atoms with Crippen LogP contribution in [0.4, 0.5) is 11.4 Å². The smallest absolute Gasteiger partial charge is 0.326 e. The number of aliphatic carboxylic acids is 1. The molecule has 0 bridgehead atoms. The molecule has 402 valence electrons. The van der Waals surface area contributed by atoms with Crippen LogP contribution in [0, 0.1) is 0 Å². The number of aromatic hydroxyl groups is 3. The summed E-state index contributed by atoms with van der Waals surface area (Å²) in [6.45, 7) is 3.74. The summed E-state index contributed by atoms with van der Waals surface area (Å²) in [5, 5.41) is 61.9. The maximum Gasteiger partial charge on any atom is 0.326 e. The van der Waals surface area contributed by atoms with Crippen molar-refractivity contribution >= 4 is 53.5 Å². The van der Waals surface area contributed by atoms with Gasteiger partial charge in [0.1, 0.15) is 35.6 Å². The Bertz CT molecular complexity index is 2330. The van der Waals surface area contributed by atoms with Crippen molar-refractivity contribution in [1.29, 1.82) is 0 Å². The number of aldehydes is 2. The molecule has 0 unspecified atom stereocenters. The molecule has 4 aliphatic rings. The van der Waals surface area contributed by atoms with Gasteiger partial charge in [0.05, 0.1) is 42.5 Å². The summed E-state index contributed by atoms with van der Waals surface area (Å²) in [7, 11) is 1.98. The van der Waals surface area contributed by atoms with Crippen LogP contribution < -0.4 is 30.5 Å². The molecule has 0 radical (unpaired) electrons. The highest BCUT2D eigenvalue weighted by Gasteiger charge is 2.31. The van der Waals surface area contributed by atoms with E-state index in [1.54, 1.807) is 21.9 Å². The number of phenolic OH excluding ortho intramolecular Hbond substituents is 3. The largest absolute Gasteiger partial charge is 0.507 e. The van der Waals surface area contributed by atoms with Crippen LogP contribution in [0.2, 0.25) is 0 Å². The van der Waals surface area contributed by atoms with Crippen molar-refractivity contribution in [2.45, 2.75) is 121 Å². The van der Waals surface area contributed by atoms with Crippen molar-refractivity contribution in [3.63, 3.8) is 0 Å². The van der Waals surface area contributed by atoms with Crippen molar-refractivity contribution in [1.82, 2.24) is 16.0 Å². The Balaban J connectivity index is 0.000000250. The molecule has 74 heavy (non-hydrogen) atoms. The van der Waals surface area contributed by atoms with E-state index in [-0.39, 0.29) is 90.0 Å². The Morgan fingerprint density at radius 3 is 1.54 bits per heavy atom. The van der Waals surface area contributed by atoms with E-state index in [1.807, 2.05) is 67.7 Å². The standard InChI is InChI=1S/C19H19NO4.C12H15NO2.C7H6O3.C6H9NO3.C6H11NO2.C5H13N/c21-12-16-17(22)9-5-10-18(16)24-13-15-8-4-11-19(23)20(15)14-6-2-1-3-7-14;14-9-11-7-4-8-12(15)13(11)10-5-2-1-3-6-10;8-4-5-6(9)2-1-3-7(5)10;8-5-3-1-2-4(7-5)6(9)10;8-4-5-2-1-3-6(9)7-5;1-3-4-5-6-2/h1-3,5-7,9-10,12,15,22H,4,8,11,13H2;1-3,5-6,11,14H,4,7-9H2;1-4,9-10H;4H,1-3H2,(H,7,8)(H,9,10);5,8H,1-4H2,(H,7,9);6H,3-5H2,1-2H3/t15-;11-;;4-;5-;/m00.00./s1. The third-order valence-corrected chi connectivity index (χ3v) is 12.0. The normalized spacial score (nSPS) is 18.9. The van der Waals surface area contributed by atoms with E-state index in [4.69, 9.17) is 25.2 Å². The van der Waals surface area contributed by atoms with Gasteiger partial charge < -0.3 is 61.1 Å². The first-order valence-corrected chi connectivity index (χ1v) is 25.0. The number of para-hydroxylation sites is 2. The molecule has 0 spiro atoms. The number of rotatable bonds is 13. The zero-order chi connectivity index (χ0) is 54.3. The first-order valence-electron chi connectivity index (χ1n) is 25.0. The molecule has 8 rings (SSSR count). The van der Waals surface area contributed by atoms with Crippen molar-refractivity contribution < 1.29 is 68.9 Å². The van der Waals surface area contributed by atoms with Crippen LogP contribution in [0.3, 0.4) is 0 Å². The average Bonchev–Trinajstić information content (AvgIpc) is 3.41. The van der Waals surface area contributed by atoms with E-state index in [0.717, 1.165) is 56.4 Å². The molecule has 4 aromatic rings. The predicted octanol–water partition coefficient (Wildman–Crippen LogP) is 6.04. The van der Waals surface area contributed by atoms with Crippen LogP contribution in [0.1, 0.15) is 118 Å². The number of carbonyl (C=O) groups is 7. The average molecular weight is 1030 g/mol. The highest BCUT2D eigenvalue weighted by atomic mass is 16.5. The number of piperidine rings is 4. The quantitative estimate of drug-likeness (QED) is 0.0545. The number of nitrogens with zero attached hydrogens (tertiary/aromatic N) is 2. The lowest BCUT2D eigenvalue weighted by molar-refractivity contribution is -0.143. The molecular formula is C55H73N5O14. The number of amides is 4. The zero-order valence-corrected chi connectivity index (χ0v) is 42.3. The molecule has 0 aliphatic carbocycles. The molecule has 4 fully saturated rings. The maximum atomic E-state index is 12.4. The Morgan fingerprint density at radius 2 is 1.12 bits per heavy atom. The van der Waals surface area contributed by atoms with Crippen molar-refractivity contribution in [2.24, 2.45) is 0 Å². The van der Waals surface area contributed by atoms with E-state index in [1.165, 1.54) is 37.1 Å². The number of carboxylic acids is 1. The van der Waals surface area contributed by atoms with Gasteiger partial charge in [-0.2, -0.15) is 0 Å². The molecule has 4 atom stereocenters. The van der Waals surface area contributed by atoms with Crippen LogP contribution >= 0.6 is 0 Å². The predicted molar refractivity (Wildman–Crippen MR) is 279 cm³/mol. The number of anilines is 2. The lowest BCUT2D eigenvalue weighted by atomic mass is 10.0. The van der Waals surface area contributed by atoms with Crippen molar-refractivity contribution in [3.05, 3.63) is 108 Å². The molecule has 4 heterocycles. The van der Waals surface area contributed by atoms with Gasteiger partial charge in [0, 0.05) is 37.1 Å². The van der Waals surface area contributed by atoms with Crippen LogP contribution in [0.15, 0.2) is 97.1 Å². The number of aliphatic hydroxyl groups is 2. The minimum Gasteiger partial charge on any atom is -0.507 e. The van der Waals surface area contributed by atoms with E-state index < -0.39 is 12.0 Å². The van der Waals surface area contributed by atoms with Crippen LogP contribution in [0.5, 0.6) is 23.0 Å². The Hall–Kier alpha value is -7.35. The molecule has 4 aliphatic heterocycles. The summed E-state index contributed by atoms with van der Waals surface area (Å²) in [5.74, 6) is -1.01. The fourth-order valence-electron chi connectivity index (χ4n) is 8.09. The highest BCUT2D eigenvalue weighted by Crippen LogP contribution is 2.30. The minimum absolute atomic E-state index is 0.0197. The van der Waals surface area contributed by atoms with Gasteiger partial charge in [0.2, 0.25) is 23.6 Å². The minimum atomic E-state index is -0.937. The molecule has 19 nitrogen and oxygen atoms in total. The molecule has 19 heteroatoms. The molecule has 4 saturated heterocycles. The number of unbranched alkanes of at least 4 members (excludes halogenated alkanes) is 1. The van der Waals surface area contributed by atoms with Gasteiger partial charge in [-0.15, -0.1) is 0 Å². The number of hydrogen-bond acceptors (Lipinski definition) is 14. The van der Waals surface area contributed by atoms with Gasteiger partial charge in [-0.1, -0.05) is 61.9 Å². The summed E-state index contributed by atoms with van der Waals surface area (Å²) in [6.07, 6.45) is 12.3. The van der Waals surface area contributed by atoms with Gasteiger partial charge in [-0.3, -0.25) is 28.8 Å². The van der Waals surface area contributed by atoms with Crippen LogP contribution in [0.25, 0.3) is 0 Å². The number of carbonyl (C=O) groups excluding carboxylic acids is 6. The summed E-state index contributed by atoms with van der Waals surface area (Å²) < 4.78 is 5.76. The number of aliphatic hydroxyl groups excluding tert-OH is 2. The fraction of sp³-hybridized carbons (Fsp3) is 0.436. The molecule has 0 saturated carbocycles. The lowest BCUT2D eigenvalue weighted by Gasteiger charge is -2.35. The molecule has 9 N–H and O–H groups in total. The second-order valence-electron chi connectivity index (χ2n) is 17.6. The fourth-order valence-corrected chi connectivity index (χ4v) is 8.09. The first kappa shape index (κ1) is 61.0. The van der Waals surface area contributed by atoms with E-state index in [0.29, 0.717) is 56.8 Å². The number of phenols is 3. The number of benzene rings is 4. The van der Waals surface area contributed by atoms with Crippen LogP contribution in [-0.4, -0.2) is 130 Å². The third kappa shape index (κ3) is 20.6. The third-order valence-electron chi connectivity index (χ3n) is 12.0. The van der Waals surface area contributed by atoms with Gasteiger partial charge in [-0.05, 0) is 120 Å². The zero-order valence-electron chi connectivity index (χ0n) is 42.3. The Morgan fingerprint density at radius 1 is 0.635 bits per heavy atom. The lowest BCUT2D eigenvalue weighted by Crippen LogP contribution is -2.47. The first-order chi connectivity index (χ1) is 35.7. The van der Waals surface area contributed by atoms with Gasteiger partial charge in [0.15, 0.2) is 12.6 Å². The molecule has 4 aromatic carbocycles. The molecule has 0 aromatic heterocycles. The highest BCUT2D eigenvalue weighted by molar-refractivity contribution is 5.95. The summed E-state index contributed by atoms with van der Waals surface area (Å²) in [5.41, 5.74) is 1.80. The monoisotopic (exact) mass is 1030 g/mol. The number of carboxylic acid groups (broad SMARTS) is 1. The molecular weight excluding hydrogens is 955 g/mol. The summed E-state index contributed by atoms with van der Waals surface area (Å²) >= 11 is 0. The van der Waals surface area contributed by atoms with E-state index in [9.17, 15) is 43.8 Å². The topological polar surface area (TPSA) is 293 Å². The van der Waals surface area contributed by atoms with Crippen molar-refractivity contribution in [2.75, 3.05) is 43.2 Å². The van der Waals surface area contributed by atoms with E-state index >= 15 is 0 Å². The molecule has 4 amide bonds. The Labute approximate surface area is 432 Å². The summed E-state index contributed by atoms with van der Waals surface area (Å²) in [6, 6.07) is 27.1. The van der Waals surface area contributed by atoms with E-state index in [2.05, 4.69) is 22.9 Å². The van der Waals surface area contributed by atoms with Gasteiger partial charge >= 0.3 is 5.97 Å². The maximum absolute atomic E-state index is 12.4. The van der Waals surface area contributed by atoms with Crippen molar-refractivity contribution in [3.8, 4) is 23.0 Å². The Kier molecular flexibility index (Phi) is 28.1. The summed E-state index contributed by atoms with van der Waals surface area (Å²) in [4.78, 5) is 80.4. The number of hydrogen-bond donors (Lipinski definition) is 9. The number of ether oxygens (including phenoxy) is 1.